The largest absolute Gasteiger partial charge is 0.392 e. The summed E-state index contributed by atoms with van der Waals surface area (Å²) in [6.07, 6.45) is 1.54. The van der Waals surface area contributed by atoms with Gasteiger partial charge in [-0.15, -0.1) is 0 Å². The predicted molar refractivity (Wildman–Crippen MR) is 79.8 cm³/mol. The Morgan fingerprint density at radius 2 is 2.10 bits per heavy atom. The SMILES string of the molecule is Cc1cc(NS(=O)(=O)c2cccc(CO)c2)ncc1Br. The van der Waals surface area contributed by atoms with Crippen LogP contribution in [-0.2, 0) is 16.6 Å². The molecule has 106 valence electrons. The summed E-state index contributed by atoms with van der Waals surface area (Å²) in [6.45, 7) is 1.63. The van der Waals surface area contributed by atoms with E-state index in [4.69, 9.17) is 5.11 Å². The van der Waals surface area contributed by atoms with Crippen molar-refractivity contribution >= 4 is 31.8 Å². The van der Waals surface area contributed by atoms with Crippen molar-refractivity contribution in [3.63, 3.8) is 0 Å². The molecular formula is C13H13BrN2O3S. The molecule has 2 rings (SSSR count). The summed E-state index contributed by atoms with van der Waals surface area (Å²) in [5, 5.41) is 9.05. The number of rotatable bonds is 4. The maximum atomic E-state index is 12.2. The van der Waals surface area contributed by atoms with Gasteiger partial charge in [-0.05, 0) is 52.2 Å². The van der Waals surface area contributed by atoms with E-state index >= 15 is 0 Å². The first-order valence-electron chi connectivity index (χ1n) is 5.77. The summed E-state index contributed by atoms with van der Waals surface area (Å²) in [7, 11) is -3.71. The highest BCUT2D eigenvalue weighted by atomic mass is 79.9. The molecule has 2 N–H and O–H groups in total. The third kappa shape index (κ3) is 3.36. The van der Waals surface area contributed by atoms with Crippen molar-refractivity contribution in [1.82, 2.24) is 4.98 Å². The molecule has 1 heterocycles. The van der Waals surface area contributed by atoms with Gasteiger partial charge in [-0.25, -0.2) is 13.4 Å². The number of sulfonamides is 1. The number of nitrogens with zero attached hydrogens (tertiary/aromatic N) is 1. The molecule has 0 aliphatic rings. The molecule has 0 saturated carbocycles. The van der Waals surface area contributed by atoms with Crippen molar-refractivity contribution in [1.29, 1.82) is 0 Å². The molecule has 0 atom stereocenters. The number of nitrogens with one attached hydrogen (secondary N) is 1. The Labute approximate surface area is 125 Å². The Morgan fingerprint density at radius 1 is 1.35 bits per heavy atom. The van der Waals surface area contributed by atoms with Crippen molar-refractivity contribution in [3.8, 4) is 0 Å². The zero-order chi connectivity index (χ0) is 14.8. The van der Waals surface area contributed by atoms with Gasteiger partial charge in [0.25, 0.3) is 10.0 Å². The Morgan fingerprint density at radius 3 is 2.75 bits per heavy atom. The molecular weight excluding hydrogens is 344 g/mol. The molecule has 1 aromatic carbocycles. The molecule has 1 aromatic heterocycles. The molecule has 0 amide bonds. The van der Waals surface area contributed by atoms with Crippen LogP contribution in [0.1, 0.15) is 11.1 Å². The number of aliphatic hydroxyl groups is 1. The van der Waals surface area contributed by atoms with Crippen LogP contribution >= 0.6 is 15.9 Å². The average molecular weight is 357 g/mol. The number of aryl methyl sites for hydroxylation is 1. The number of halogens is 1. The van der Waals surface area contributed by atoms with E-state index < -0.39 is 10.0 Å². The molecule has 5 nitrogen and oxygen atoms in total. The Bertz CT molecular complexity index is 732. The molecule has 0 spiro atoms. The van der Waals surface area contributed by atoms with Crippen molar-refractivity contribution in [2.45, 2.75) is 18.4 Å². The van der Waals surface area contributed by atoms with Crippen LogP contribution in [0.4, 0.5) is 5.82 Å². The van der Waals surface area contributed by atoms with Gasteiger partial charge in [-0.3, -0.25) is 4.72 Å². The minimum atomic E-state index is -3.71. The fraction of sp³-hybridized carbons (Fsp3) is 0.154. The number of pyridine rings is 1. The van der Waals surface area contributed by atoms with E-state index in [0.717, 1.165) is 10.0 Å². The van der Waals surface area contributed by atoms with Crippen LogP contribution < -0.4 is 4.72 Å². The third-order valence-corrected chi connectivity index (χ3v) is 4.86. The van der Waals surface area contributed by atoms with E-state index in [1.807, 2.05) is 6.92 Å². The van der Waals surface area contributed by atoms with Gasteiger partial charge in [0.2, 0.25) is 0 Å². The van der Waals surface area contributed by atoms with E-state index in [1.165, 1.54) is 18.3 Å². The highest BCUT2D eigenvalue weighted by molar-refractivity contribution is 9.10. The van der Waals surface area contributed by atoms with Crippen LogP contribution in [0.25, 0.3) is 0 Å². The van der Waals surface area contributed by atoms with Crippen LogP contribution in [0.5, 0.6) is 0 Å². The Balaban J connectivity index is 2.32. The van der Waals surface area contributed by atoms with E-state index in [2.05, 4.69) is 25.6 Å². The number of hydrogen-bond acceptors (Lipinski definition) is 4. The molecule has 0 unspecified atom stereocenters. The van der Waals surface area contributed by atoms with Crippen molar-refractivity contribution in [2.24, 2.45) is 0 Å². The van der Waals surface area contributed by atoms with Gasteiger partial charge in [0.1, 0.15) is 5.82 Å². The minimum absolute atomic E-state index is 0.0893. The van der Waals surface area contributed by atoms with E-state index in [9.17, 15) is 8.42 Å². The molecule has 2 aromatic rings. The van der Waals surface area contributed by atoms with Crippen LogP contribution in [0, 0.1) is 6.92 Å². The number of anilines is 1. The fourth-order valence-electron chi connectivity index (χ4n) is 1.60. The lowest BCUT2D eigenvalue weighted by Gasteiger charge is -2.09. The first-order chi connectivity index (χ1) is 9.42. The second-order valence-electron chi connectivity index (χ2n) is 4.23. The van der Waals surface area contributed by atoms with Gasteiger partial charge in [-0.1, -0.05) is 12.1 Å². The maximum Gasteiger partial charge on any atom is 0.263 e. The molecule has 0 aliphatic carbocycles. The summed E-state index contributed by atoms with van der Waals surface area (Å²) < 4.78 is 27.7. The first-order valence-corrected chi connectivity index (χ1v) is 8.05. The van der Waals surface area contributed by atoms with Crippen molar-refractivity contribution in [3.05, 3.63) is 52.1 Å². The zero-order valence-electron chi connectivity index (χ0n) is 10.7. The van der Waals surface area contributed by atoms with E-state index in [1.54, 1.807) is 18.2 Å². The lowest BCUT2D eigenvalue weighted by atomic mass is 10.2. The van der Waals surface area contributed by atoms with Gasteiger partial charge < -0.3 is 5.11 Å². The lowest BCUT2D eigenvalue weighted by Crippen LogP contribution is -2.14. The Kier molecular flexibility index (Phi) is 4.42. The third-order valence-electron chi connectivity index (χ3n) is 2.68. The van der Waals surface area contributed by atoms with E-state index in [-0.39, 0.29) is 17.3 Å². The number of aromatic nitrogens is 1. The smallest absolute Gasteiger partial charge is 0.263 e. The monoisotopic (exact) mass is 356 g/mol. The second-order valence-corrected chi connectivity index (χ2v) is 6.77. The second kappa shape index (κ2) is 5.90. The highest BCUT2D eigenvalue weighted by Crippen LogP contribution is 2.20. The van der Waals surface area contributed by atoms with Crippen LogP contribution in [0.15, 0.2) is 45.9 Å². The minimum Gasteiger partial charge on any atom is -0.392 e. The Hall–Kier alpha value is -1.44. The molecule has 20 heavy (non-hydrogen) atoms. The lowest BCUT2D eigenvalue weighted by molar-refractivity contribution is 0.281. The number of benzene rings is 1. The van der Waals surface area contributed by atoms with Gasteiger partial charge in [0, 0.05) is 10.7 Å². The van der Waals surface area contributed by atoms with Gasteiger partial charge >= 0.3 is 0 Å². The topological polar surface area (TPSA) is 79.3 Å². The van der Waals surface area contributed by atoms with Gasteiger partial charge in [0.15, 0.2) is 0 Å². The van der Waals surface area contributed by atoms with E-state index in [0.29, 0.717) is 5.56 Å². The maximum absolute atomic E-state index is 12.2. The van der Waals surface area contributed by atoms with Gasteiger partial charge in [-0.2, -0.15) is 0 Å². The van der Waals surface area contributed by atoms with Crippen molar-refractivity contribution in [2.75, 3.05) is 4.72 Å². The zero-order valence-corrected chi connectivity index (χ0v) is 13.1. The van der Waals surface area contributed by atoms with Gasteiger partial charge in [0.05, 0.1) is 11.5 Å². The molecule has 0 aliphatic heterocycles. The van der Waals surface area contributed by atoms with Crippen molar-refractivity contribution < 1.29 is 13.5 Å². The first kappa shape index (κ1) is 15.0. The van der Waals surface area contributed by atoms with Crippen LogP contribution in [0.2, 0.25) is 0 Å². The summed E-state index contributed by atoms with van der Waals surface area (Å²) in [5.74, 6) is 0.250. The highest BCUT2D eigenvalue weighted by Gasteiger charge is 2.15. The summed E-state index contributed by atoms with van der Waals surface area (Å²) in [5.41, 5.74) is 1.41. The summed E-state index contributed by atoms with van der Waals surface area (Å²) in [6, 6.07) is 7.76. The average Bonchev–Trinajstić information content (AvgIpc) is 2.43. The normalized spacial score (nSPS) is 11.3. The molecule has 0 saturated heterocycles. The standard InChI is InChI=1S/C13H13BrN2O3S/c1-9-5-13(15-7-12(9)14)16-20(18,19)11-4-2-3-10(6-11)8-17/h2-7,17H,8H2,1H3,(H,15,16). The molecule has 0 bridgehead atoms. The molecule has 0 fully saturated rings. The molecule has 7 heteroatoms. The van der Waals surface area contributed by atoms with Crippen LogP contribution in [-0.4, -0.2) is 18.5 Å². The summed E-state index contributed by atoms with van der Waals surface area (Å²) in [4.78, 5) is 4.10. The molecule has 0 radical (unpaired) electrons. The number of hydrogen-bond donors (Lipinski definition) is 2. The fourth-order valence-corrected chi connectivity index (χ4v) is 2.89. The quantitative estimate of drug-likeness (QED) is 0.881. The number of aliphatic hydroxyl groups excluding tert-OH is 1. The predicted octanol–water partition coefficient (Wildman–Crippen LogP) is 2.45. The van der Waals surface area contributed by atoms with Crippen LogP contribution in [0.3, 0.4) is 0 Å². The summed E-state index contributed by atoms with van der Waals surface area (Å²) >= 11 is 3.31.